The van der Waals surface area contributed by atoms with Crippen LogP contribution < -0.4 is 15.1 Å². The number of hydrogen-bond acceptors (Lipinski definition) is 7. The Morgan fingerprint density at radius 3 is 2.57 bits per heavy atom. The third-order valence-corrected chi connectivity index (χ3v) is 7.27. The summed E-state index contributed by atoms with van der Waals surface area (Å²) in [5.41, 5.74) is 2.96. The number of carbonyl (C=O) groups excluding carboxylic acids is 2. The van der Waals surface area contributed by atoms with Crippen molar-refractivity contribution < 1.29 is 9.59 Å². The lowest BCUT2D eigenvalue weighted by molar-refractivity contribution is -0.119. The normalized spacial score (nSPS) is 15.1. The molecule has 2 aromatic heterocycles. The summed E-state index contributed by atoms with van der Waals surface area (Å²) in [6.07, 6.45) is 2.25. The maximum Gasteiger partial charge on any atom is 0.291 e. The maximum absolute atomic E-state index is 13.2. The van der Waals surface area contributed by atoms with Crippen molar-refractivity contribution in [3.05, 3.63) is 95.7 Å². The smallest absolute Gasteiger partial charge is 0.291 e. The molecule has 0 aliphatic carbocycles. The number of likely N-dealkylation sites (N-methyl/N-ethyl adjacent to an activating group) is 1. The van der Waals surface area contributed by atoms with Gasteiger partial charge in [-0.25, -0.2) is 9.97 Å². The van der Waals surface area contributed by atoms with Crippen LogP contribution in [0, 0.1) is 0 Å². The molecule has 4 aromatic rings. The van der Waals surface area contributed by atoms with Gasteiger partial charge in [0.25, 0.3) is 5.91 Å². The molecule has 1 atom stereocenters. The molecule has 10 heteroatoms. The molecule has 2 amide bonds. The largest absolute Gasteiger partial charge is 0.355 e. The standard InChI is InChI=1S/C27H27N7O2S/c1-33(16-19-11-7-4-8-12-19)24-14-22-21(15-28-24)34(2)27(36)20(17-37-22)29-26(35)25-30-23(31-32-25)13-18-9-5-3-6-10-18/h3-12,14-15,20H,13,16-17H2,1-2H3,(H,29,35)(H,30,31,32)/t20-/m0/s1. The SMILES string of the molecule is CN(Cc1ccccc1)c1cc2c(cn1)N(C)C(=O)[C@@H](NC(=O)c1n[nH]c(Cc3ccccc3)n1)CS2. The Labute approximate surface area is 219 Å². The van der Waals surface area contributed by atoms with Crippen LogP contribution in [-0.2, 0) is 17.8 Å². The molecule has 0 unspecified atom stereocenters. The predicted octanol–water partition coefficient (Wildman–Crippen LogP) is 3.29. The third kappa shape index (κ3) is 5.64. The minimum absolute atomic E-state index is 0.0136. The molecule has 0 saturated heterocycles. The fourth-order valence-electron chi connectivity index (χ4n) is 4.12. The van der Waals surface area contributed by atoms with Crippen LogP contribution in [0.1, 0.15) is 27.6 Å². The van der Waals surface area contributed by atoms with E-state index in [4.69, 9.17) is 0 Å². The molecule has 0 radical (unpaired) electrons. The number of benzene rings is 2. The van der Waals surface area contributed by atoms with Gasteiger partial charge < -0.3 is 15.1 Å². The summed E-state index contributed by atoms with van der Waals surface area (Å²) in [6.45, 7) is 0.716. The average molecular weight is 514 g/mol. The zero-order valence-electron chi connectivity index (χ0n) is 20.6. The van der Waals surface area contributed by atoms with Crippen LogP contribution >= 0.6 is 11.8 Å². The Balaban J connectivity index is 1.26. The van der Waals surface area contributed by atoms with Crippen molar-refractivity contribution in [3.63, 3.8) is 0 Å². The average Bonchev–Trinajstić information content (AvgIpc) is 3.35. The van der Waals surface area contributed by atoms with Crippen LogP contribution in [0.15, 0.2) is 77.8 Å². The number of aromatic amines is 1. The molecule has 2 aromatic carbocycles. The zero-order valence-corrected chi connectivity index (χ0v) is 21.4. The molecule has 0 fully saturated rings. The number of carbonyl (C=O) groups is 2. The molecule has 0 bridgehead atoms. The first-order chi connectivity index (χ1) is 18.0. The molecule has 37 heavy (non-hydrogen) atoms. The van der Waals surface area contributed by atoms with Crippen LogP contribution in [0.4, 0.5) is 11.5 Å². The van der Waals surface area contributed by atoms with E-state index in [-0.39, 0.29) is 11.7 Å². The first-order valence-corrected chi connectivity index (χ1v) is 12.9. The second kappa shape index (κ2) is 10.8. The molecular formula is C27H27N7O2S. The topological polar surface area (TPSA) is 107 Å². The van der Waals surface area contributed by atoms with E-state index in [1.54, 1.807) is 18.1 Å². The van der Waals surface area contributed by atoms with Crippen LogP contribution in [0.3, 0.4) is 0 Å². The molecule has 5 rings (SSSR count). The second-order valence-corrected chi connectivity index (χ2v) is 9.92. The van der Waals surface area contributed by atoms with E-state index in [1.807, 2.05) is 61.6 Å². The van der Waals surface area contributed by atoms with Gasteiger partial charge in [0.05, 0.1) is 11.9 Å². The highest BCUT2D eigenvalue weighted by atomic mass is 32.2. The van der Waals surface area contributed by atoms with Crippen molar-refractivity contribution in [3.8, 4) is 0 Å². The molecule has 0 spiro atoms. The summed E-state index contributed by atoms with van der Waals surface area (Å²) in [5.74, 6) is 1.09. The van der Waals surface area contributed by atoms with Gasteiger partial charge in [0.1, 0.15) is 17.7 Å². The molecule has 1 aliphatic rings. The quantitative estimate of drug-likeness (QED) is 0.391. The number of anilines is 2. The van der Waals surface area contributed by atoms with E-state index in [2.05, 4.69) is 42.5 Å². The first kappa shape index (κ1) is 24.5. The van der Waals surface area contributed by atoms with E-state index in [9.17, 15) is 9.59 Å². The number of nitrogens with one attached hydrogen (secondary N) is 2. The Bertz CT molecular complexity index is 1390. The van der Waals surface area contributed by atoms with Crippen molar-refractivity contribution in [2.24, 2.45) is 0 Å². The van der Waals surface area contributed by atoms with Gasteiger partial charge in [-0.3, -0.25) is 14.7 Å². The van der Waals surface area contributed by atoms with E-state index in [0.717, 1.165) is 16.3 Å². The number of rotatable bonds is 7. The van der Waals surface area contributed by atoms with Crippen molar-refractivity contribution >= 4 is 35.1 Å². The third-order valence-electron chi connectivity index (χ3n) is 6.14. The number of amides is 2. The second-order valence-electron chi connectivity index (χ2n) is 8.85. The van der Waals surface area contributed by atoms with Crippen molar-refractivity contribution in [1.29, 1.82) is 0 Å². The Kier molecular flexibility index (Phi) is 7.18. The fraction of sp³-hybridized carbons (Fsp3) is 0.222. The number of nitrogens with zero attached hydrogens (tertiary/aromatic N) is 5. The van der Waals surface area contributed by atoms with E-state index < -0.39 is 11.9 Å². The van der Waals surface area contributed by atoms with Gasteiger partial charge in [-0.05, 0) is 17.2 Å². The van der Waals surface area contributed by atoms with Crippen molar-refractivity contribution in [1.82, 2.24) is 25.5 Å². The highest BCUT2D eigenvalue weighted by molar-refractivity contribution is 7.99. The van der Waals surface area contributed by atoms with Crippen LogP contribution in [-0.4, -0.2) is 57.9 Å². The molecule has 2 N–H and O–H groups in total. The summed E-state index contributed by atoms with van der Waals surface area (Å²) >= 11 is 1.51. The van der Waals surface area contributed by atoms with Gasteiger partial charge in [0.2, 0.25) is 11.7 Å². The van der Waals surface area contributed by atoms with Gasteiger partial charge in [-0.2, -0.15) is 0 Å². The van der Waals surface area contributed by atoms with Gasteiger partial charge in [0, 0.05) is 37.7 Å². The number of H-pyrrole nitrogens is 1. The highest BCUT2D eigenvalue weighted by Gasteiger charge is 2.31. The van der Waals surface area contributed by atoms with Gasteiger partial charge in [-0.1, -0.05) is 60.7 Å². The molecule has 9 nitrogen and oxygen atoms in total. The first-order valence-electron chi connectivity index (χ1n) is 11.9. The zero-order chi connectivity index (χ0) is 25.8. The summed E-state index contributed by atoms with van der Waals surface area (Å²) in [4.78, 5) is 39.5. The van der Waals surface area contributed by atoms with Crippen molar-refractivity contribution in [2.75, 3.05) is 29.6 Å². The Morgan fingerprint density at radius 1 is 1.14 bits per heavy atom. The van der Waals surface area contributed by atoms with E-state index in [0.29, 0.717) is 30.2 Å². The summed E-state index contributed by atoms with van der Waals surface area (Å²) < 4.78 is 0. The van der Waals surface area contributed by atoms with Gasteiger partial charge in [-0.15, -0.1) is 16.9 Å². The number of hydrogen-bond donors (Lipinski definition) is 2. The van der Waals surface area contributed by atoms with Crippen LogP contribution in [0.25, 0.3) is 0 Å². The Hall–Kier alpha value is -4.18. The predicted molar refractivity (Wildman–Crippen MR) is 144 cm³/mol. The van der Waals surface area contributed by atoms with Crippen LogP contribution in [0.5, 0.6) is 0 Å². The molecular weight excluding hydrogens is 486 g/mol. The minimum atomic E-state index is -0.725. The van der Waals surface area contributed by atoms with E-state index in [1.165, 1.54) is 17.3 Å². The summed E-state index contributed by atoms with van der Waals surface area (Å²) in [7, 11) is 3.69. The highest BCUT2D eigenvalue weighted by Crippen LogP contribution is 2.35. The monoisotopic (exact) mass is 513 g/mol. The summed E-state index contributed by atoms with van der Waals surface area (Å²) in [5, 5.41) is 9.68. The molecule has 3 heterocycles. The fourth-order valence-corrected chi connectivity index (χ4v) is 5.22. The lowest BCUT2D eigenvalue weighted by Crippen LogP contribution is -2.48. The number of aromatic nitrogens is 4. The Morgan fingerprint density at radius 2 is 1.84 bits per heavy atom. The minimum Gasteiger partial charge on any atom is -0.355 e. The molecule has 188 valence electrons. The lowest BCUT2D eigenvalue weighted by atomic mass is 10.1. The van der Waals surface area contributed by atoms with Gasteiger partial charge >= 0.3 is 0 Å². The number of fused-ring (bicyclic) bond motifs is 1. The lowest BCUT2D eigenvalue weighted by Gasteiger charge is -2.22. The maximum atomic E-state index is 13.2. The van der Waals surface area contributed by atoms with E-state index >= 15 is 0 Å². The van der Waals surface area contributed by atoms with Crippen molar-refractivity contribution in [2.45, 2.75) is 23.9 Å². The molecule has 0 saturated carbocycles. The summed E-state index contributed by atoms with van der Waals surface area (Å²) in [6, 6.07) is 21.2. The number of pyridine rings is 1. The molecule has 1 aliphatic heterocycles. The van der Waals surface area contributed by atoms with Gasteiger partial charge in [0.15, 0.2) is 0 Å². The number of thioether (sulfide) groups is 1. The van der Waals surface area contributed by atoms with Crippen LogP contribution in [0.2, 0.25) is 0 Å².